The molecule has 0 bridgehead atoms. The monoisotopic (exact) mass is 403 g/mol. The summed E-state index contributed by atoms with van der Waals surface area (Å²) in [6.07, 6.45) is 5.66. The number of nitrogens with zero attached hydrogens (tertiary/aromatic N) is 7. The molecule has 1 saturated carbocycles. The molecule has 1 saturated heterocycles. The van der Waals surface area contributed by atoms with E-state index < -0.39 is 0 Å². The molecule has 8 heteroatoms. The van der Waals surface area contributed by atoms with Gasteiger partial charge in [0, 0.05) is 38.3 Å². The number of amides is 1. The summed E-state index contributed by atoms with van der Waals surface area (Å²) in [7, 11) is 2.04. The number of anilines is 1. The number of piperidine rings is 1. The van der Waals surface area contributed by atoms with Gasteiger partial charge >= 0.3 is 0 Å². The van der Waals surface area contributed by atoms with Gasteiger partial charge in [-0.1, -0.05) is 18.2 Å². The van der Waals surface area contributed by atoms with E-state index in [0.717, 1.165) is 43.0 Å². The van der Waals surface area contributed by atoms with Gasteiger partial charge in [-0.05, 0) is 49.9 Å². The van der Waals surface area contributed by atoms with E-state index >= 15 is 0 Å². The highest BCUT2D eigenvalue weighted by Crippen LogP contribution is 2.39. The molecule has 1 aromatic carbocycles. The van der Waals surface area contributed by atoms with Gasteiger partial charge in [0.25, 0.3) is 5.91 Å². The van der Waals surface area contributed by atoms with Gasteiger partial charge in [0.05, 0.1) is 5.69 Å². The molecule has 154 valence electrons. The molecule has 8 nitrogen and oxygen atoms in total. The van der Waals surface area contributed by atoms with E-state index in [1.807, 2.05) is 59.1 Å². The Morgan fingerprint density at radius 1 is 1.03 bits per heavy atom. The molecule has 5 rings (SSSR count). The smallest absolute Gasteiger partial charge is 0.293 e. The third-order valence-electron chi connectivity index (χ3n) is 5.99. The van der Waals surface area contributed by atoms with Gasteiger partial charge in [0.15, 0.2) is 5.82 Å². The number of para-hydroxylation sites is 1. The summed E-state index contributed by atoms with van der Waals surface area (Å²) in [5.41, 5.74) is 0.954. The van der Waals surface area contributed by atoms with Crippen LogP contribution in [0.5, 0.6) is 0 Å². The van der Waals surface area contributed by atoms with E-state index in [2.05, 4.69) is 25.2 Å². The highest BCUT2D eigenvalue weighted by Gasteiger charge is 2.33. The van der Waals surface area contributed by atoms with Crippen LogP contribution in [0.2, 0.25) is 0 Å². The van der Waals surface area contributed by atoms with Gasteiger partial charge in [-0.3, -0.25) is 4.79 Å². The van der Waals surface area contributed by atoms with Crippen LogP contribution in [-0.2, 0) is 0 Å². The zero-order valence-corrected chi connectivity index (χ0v) is 17.1. The van der Waals surface area contributed by atoms with Crippen LogP contribution >= 0.6 is 0 Å². The molecule has 3 heterocycles. The van der Waals surface area contributed by atoms with Gasteiger partial charge in [0.2, 0.25) is 5.82 Å². The fraction of sp³-hybridized carbons (Fsp3) is 0.409. The molecule has 30 heavy (non-hydrogen) atoms. The SMILES string of the molecule is CN(c1cccnn1)C1CCN(C(=O)c2nc(C3CC3)n(-c3ccccc3)n2)CC1. The van der Waals surface area contributed by atoms with Crippen LogP contribution in [-0.4, -0.2) is 61.9 Å². The highest BCUT2D eigenvalue weighted by atomic mass is 16.2. The second-order valence-electron chi connectivity index (χ2n) is 8.03. The molecule has 1 aliphatic carbocycles. The number of benzene rings is 1. The molecule has 0 unspecified atom stereocenters. The minimum absolute atomic E-state index is 0.0767. The maximum atomic E-state index is 13.1. The summed E-state index contributed by atoms with van der Waals surface area (Å²) in [4.78, 5) is 21.8. The number of hydrogen-bond donors (Lipinski definition) is 0. The average molecular weight is 403 g/mol. The van der Waals surface area contributed by atoms with Crippen molar-refractivity contribution in [2.75, 3.05) is 25.0 Å². The first-order valence-electron chi connectivity index (χ1n) is 10.5. The Morgan fingerprint density at radius 2 is 1.80 bits per heavy atom. The topological polar surface area (TPSA) is 80.0 Å². The molecule has 1 aliphatic heterocycles. The van der Waals surface area contributed by atoms with Crippen molar-refractivity contribution in [3.63, 3.8) is 0 Å². The summed E-state index contributed by atoms with van der Waals surface area (Å²) in [6.45, 7) is 1.37. The molecule has 0 N–H and O–H groups in total. The molecule has 0 spiro atoms. The number of carbonyl (C=O) groups is 1. The van der Waals surface area contributed by atoms with Crippen molar-refractivity contribution in [1.82, 2.24) is 29.9 Å². The maximum absolute atomic E-state index is 13.1. The summed E-state index contributed by atoms with van der Waals surface area (Å²) >= 11 is 0. The summed E-state index contributed by atoms with van der Waals surface area (Å²) in [5, 5.41) is 12.8. The van der Waals surface area contributed by atoms with Crippen LogP contribution in [0.1, 0.15) is 48.0 Å². The lowest BCUT2D eigenvalue weighted by molar-refractivity contribution is 0.0701. The van der Waals surface area contributed by atoms with Crippen molar-refractivity contribution in [1.29, 1.82) is 0 Å². The second kappa shape index (κ2) is 7.85. The first kappa shape index (κ1) is 18.7. The Hall–Kier alpha value is -3.29. The van der Waals surface area contributed by atoms with E-state index in [-0.39, 0.29) is 5.91 Å². The third kappa shape index (κ3) is 3.65. The van der Waals surface area contributed by atoms with Gasteiger partial charge in [0.1, 0.15) is 5.82 Å². The largest absolute Gasteiger partial charge is 0.355 e. The number of likely N-dealkylation sites (tertiary alicyclic amines) is 1. The van der Waals surface area contributed by atoms with Crippen LogP contribution in [0.15, 0.2) is 48.7 Å². The zero-order chi connectivity index (χ0) is 20.5. The number of carbonyl (C=O) groups excluding carboxylic acids is 1. The van der Waals surface area contributed by atoms with Crippen molar-refractivity contribution >= 4 is 11.7 Å². The van der Waals surface area contributed by atoms with Crippen LogP contribution in [0.4, 0.5) is 5.82 Å². The van der Waals surface area contributed by atoms with Crippen LogP contribution < -0.4 is 4.90 Å². The molecular weight excluding hydrogens is 378 g/mol. The Morgan fingerprint density at radius 3 is 2.47 bits per heavy atom. The van der Waals surface area contributed by atoms with Crippen molar-refractivity contribution in [3.05, 3.63) is 60.3 Å². The molecule has 2 fully saturated rings. The van der Waals surface area contributed by atoms with Crippen molar-refractivity contribution in [2.24, 2.45) is 0 Å². The molecule has 0 atom stereocenters. The third-order valence-corrected chi connectivity index (χ3v) is 5.99. The Labute approximate surface area is 175 Å². The number of rotatable bonds is 5. The average Bonchev–Trinajstić information content (AvgIpc) is 3.57. The Bertz CT molecular complexity index is 1010. The van der Waals surface area contributed by atoms with E-state index in [1.165, 1.54) is 0 Å². The molecular formula is C22H25N7O. The Kier molecular flexibility index (Phi) is 4.90. The normalized spacial score (nSPS) is 17.2. The van der Waals surface area contributed by atoms with E-state index in [9.17, 15) is 4.79 Å². The number of aromatic nitrogens is 5. The summed E-state index contributed by atoms with van der Waals surface area (Å²) < 4.78 is 1.85. The molecule has 2 aromatic heterocycles. The lowest BCUT2D eigenvalue weighted by Crippen LogP contribution is -2.46. The predicted octanol–water partition coefficient (Wildman–Crippen LogP) is 2.68. The Balaban J connectivity index is 1.29. The quantitative estimate of drug-likeness (QED) is 0.652. The van der Waals surface area contributed by atoms with Crippen molar-refractivity contribution < 1.29 is 4.79 Å². The summed E-state index contributed by atoms with van der Waals surface area (Å²) in [6, 6.07) is 14.1. The van der Waals surface area contributed by atoms with Gasteiger partial charge in [-0.15, -0.1) is 10.2 Å². The molecule has 0 radical (unpaired) electrons. The fourth-order valence-electron chi connectivity index (χ4n) is 4.05. The van der Waals surface area contributed by atoms with E-state index in [4.69, 9.17) is 0 Å². The standard InChI is InChI=1S/C22H25N7O/c1-27(19-8-5-13-23-25-19)17-11-14-28(15-12-17)22(30)20-24-21(16-9-10-16)29(26-20)18-6-3-2-4-7-18/h2-8,13,16-17H,9-12,14-15H2,1H3. The van der Waals surface area contributed by atoms with Gasteiger partial charge < -0.3 is 9.80 Å². The van der Waals surface area contributed by atoms with E-state index in [1.54, 1.807) is 6.20 Å². The summed E-state index contributed by atoms with van der Waals surface area (Å²) in [5.74, 6) is 2.40. The molecule has 3 aromatic rings. The van der Waals surface area contributed by atoms with Gasteiger partial charge in [-0.25, -0.2) is 9.67 Å². The van der Waals surface area contributed by atoms with E-state index in [0.29, 0.717) is 30.9 Å². The van der Waals surface area contributed by atoms with Crippen LogP contribution in [0.3, 0.4) is 0 Å². The molecule has 2 aliphatic rings. The van der Waals surface area contributed by atoms with Crippen molar-refractivity contribution in [2.45, 2.75) is 37.6 Å². The lowest BCUT2D eigenvalue weighted by atomic mass is 10.0. The predicted molar refractivity (Wildman–Crippen MR) is 113 cm³/mol. The van der Waals surface area contributed by atoms with Crippen molar-refractivity contribution in [3.8, 4) is 5.69 Å². The van der Waals surface area contributed by atoms with Crippen LogP contribution in [0, 0.1) is 0 Å². The first-order valence-corrected chi connectivity index (χ1v) is 10.5. The zero-order valence-electron chi connectivity index (χ0n) is 17.1. The highest BCUT2D eigenvalue weighted by molar-refractivity contribution is 5.90. The minimum atomic E-state index is -0.0767. The minimum Gasteiger partial charge on any atom is -0.355 e. The van der Waals surface area contributed by atoms with Gasteiger partial charge in [-0.2, -0.15) is 5.10 Å². The van der Waals surface area contributed by atoms with Crippen LogP contribution in [0.25, 0.3) is 5.69 Å². The fourth-order valence-corrected chi connectivity index (χ4v) is 4.05. The molecule has 1 amide bonds. The maximum Gasteiger partial charge on any atom is 0.293 e. The second-order valence-corrected chi connectivity index (χ2v) is 8.03. The first-order chi connectivity index (χ1) is 14.7. The lowest BCUT2D eigenvalue weighted by Gasteiger charge is -2.36. The number of hydrogen-bond acceptors (Lipinski definition) is 6.